The van der Waals surface area contributed by atoms with Crippen molar-refractivity contribution in [1.82, 2.24) is 4.90 Å². The number of aliphatic hydroxyl groups is 1. The van der Waals surface area contributed by atoms with Gasteiger partial charge in [-0.3, -0.25) is 0 Å². The Morgan fingerprint density at radius 3 is 2.95 bits per heavy atom. The van der Waals surface area contributed by atoms with E-state index in [1.54, 1.807) is 0 Å². The van der Waals surface area contributed by atoms with Gasteiger partial charge in [-0.2, -0.15) is 0 Å². The molecule has 0 spiro atoms. The van der Waals surface area contributed by atoms with E-state index < -0.39 is 0 Å². The maximum absolute atomic E-state index is 10.2. The molecule has 0 bridgehead atoms. The zero-order chi connectivity index (χ0) is 15.1. The Kier molecular flexibility index (Phi) is 6.52. The minimum Gasteiger partial charge on any atom is -0.494 e. The van der Waals surface area contributed by atoms with Crippen molar-refractivity contribution in [3.8, 4) is 5.75 Å². The molecule has 2 rings (SSSR count). The van der Waals surface area contributed by atoms with Crippen molar-refractivity contribution in [1.29, 1.82) is 0 Å². The second-order valence-electron chi connectivity index (χ2n) is 6.06. The highest BCUT2D eigenvalue weighted by Crippen LogP contribution is 2.23. The Labute approximate surface area is 128 Å². The van der Waals surface area contributed by atoms with Crippen LogP contribution in [0.4, 0.5) is 0 Å². The fourth-order valence-corrected chi connectivity index (χ4v) is 2.98. The molecular formula is C18H29NO2. The van der Waals surface area contributed by atoms with Crippen molar-refractivity contribution in [2.45, 2.75) is 45.6 Å². The Bertz CT molecular complexity index is 421. The molecule has 1 saturated heterocycles. The van der Waals surface area contributed by atoms with Gasteiger partial charge in [-0.25, -0.2) is 0 Å². The summed E-state index contributed by atoms with van der Waals surface area (Å²) in [5.41, 5.74) is 1.27. The first kappa shape index (κ1) is 16.3. The van der Waals surface area contributed by atoms with E-state index in [0.717, 1.165) is 57.7 Å². The molecule has 0 amide bonds. The second-order valence-corrected chi connectivity index (χ2v) is 6.06. The molecule has 0 aromatic heterocycles. The summed E-state index contributed by atoms with van der Waals surface area (Å²) >= 11 is 0. The molecular weight excluding hydrogens is 262 g/mol. The van der Waals surface area contributed by atoms with Crippen LogP contribution in [-0.4, -0.2) is 42.4 Å². The third-order valence-electron chi connectivity index (χ3n) is 4.39. The van der Waals surface area contributed by atoms with Gasteiger partial charge in [-0.15, -0.1) is 0 Å². The maximum Gasteiger partial charge on any atom is 0.119 e. The van der Waals surface area contributed by atoms with Gasteiger partial charge in [0.15, 0.2) is 0 Å². The van der Waals surface area contributed by atoms with Crippen LogP contribution < -0.4 is 4.74 Å². The summed E-state index contributed by atoms with van der Waals surface area (Å²) in [5, 5.41) is 10.2. The summed E-state index contributed by atoms with van der Waals surface area (Å²) in [6.07, 6.45) is 3.91. The van der Waals surface area contributed by atoms with Gasteiger partial charge in [0.25, 0.3) is 0 Å². The van der Waals surface area contributed by atoms with E-state index >= 15 is 0 Å². The topological polar surface area (TPSA) is 32.7 Å². The standard InChI is InChI=1S/C18H29NO2/c1-3-5-11-21-17-8-6-7-15(13-17)12-16-14-19(4-2)10-9-18(16)20/h6-8,13,16,18,20H,3-5,9-12,14H2,1-2H3. The van der Waals surface area contributed by atoms with Gasteiger partial charge < -0.3 is 14.7 Å². The average Bonchev–Trinajstić information content (AvgIpc) is 2.50. The molecule has 118 valence electrons. The molecule has 21 heavy (non-hydrogen) atoms. The van der Waals surface area contributed by atoms with Crippen molar-refractivity contribution >= 4 is 0 Å². The molecule has 0 radical (unpaired) electrons. The van der Waals surface area contributed by atoms with Crippen molar-refractivity contribution < 1.29 is 9.84 Å². The van der Waals surface area contributed by atoms with Crippen LogP contribution in [0, 0.1) is 5.92 Å². The average molecular weight is 291 g/mol. The number of nitrogens with zero attached hydrogens (tertiary/aromatic N) is 1. The van der Waals surface area contributed by atoms with E-state index in [1.807, 2.05) is 6.07 Å². The molecule has 1 heterocycles. The van der Waals surface area contributed by atoms with Gasteiger partial charge in [0, 0.05) is 19.0 Å². The summed E-state index contributed by atoms with van der Waals surface area (Å²) in [6, 6.07) is 8.36. The highest BCUT2D eigenvalue weighted by molar-refractivity contribution is 5.29. The highest BCUT2D eigenvalue weighted by atomic mass is 16.5. The third-order valence-corrected chi connectivity index (χ3v) is 4.39. The normalized spacial score (nSPS) is 23.2. The molecule has 1 N–H and O–H groups in total. The van der Waals surface area contributed by atoms with E-state index in [2.05, 4.69) is 36.9 Å². The summed E-state index contributed by atoms with van der Waals surface area (Å²) in [7, 11) is 0. The van der Waals surface area contributed by atoms with Gasteiger partial charge in [-0.05, 0) is 43.5 Å². The molecule has 2 unspecified atom stereocenters. The van der Waals surface area contributed by atoms with E-state index in [-0.39, 0.29) is 6.10 Å². The Hall–Kier alpha value is -1.06. The number of likely N-dealkylation sites (tertiary alicyclic amines) is 1. The number of ether oxygens (including phenoxy) is 1. The van der Waals surface area contributed by atoms with Crippen LogP contribution in [0.15, 0.2) is 24.3 Å². The molecule has 2 atom stereocenters. The van der Waals surface area contributed by atoms with Gasteiger partial charge in [0.2, 0.25) is 0 Å². The molecule has 3 heteroatoms. The molecule has 1 aliphatic heterocycles. The lowest BCUT2D eigenvalue weighted by atomic mass is 9.88. The van der Waals surface area contributed by atoms with E-state index in [0.29, 0.717) is 5.92 Å². The Balaban J connectivity index is 1.93. The zero-order valence-electron chi connectivity index (χ0n) is 13.4. The van der Waals surface area contributed by atoms with Crippen LogP contribution in [-0.2, 0) is 6.42 Å². The number of piperidine rings is 1. The van der Waals surface area contributed by atoms with Crippen LogP contribution in [0.25, 0.3) is 0 Å². The summed E-state index contributed by atoms with van der Waals surface area (Å²) in [6.45, 7) is 8.24. The Morgan fingerprint density at radius 1 is 1.33 bits per heavy atom. The predicted molar refractivity (Wildman–Crippen MR) is 86.8 cm³/mol. The van der Waals surface area contributed by atoms with E-state index in [1.165, 1.54) is 5.56 Å². The van der Waals surface area contributed by atoms with Gasteiger partial charge >= 0.3 is 0 Å². The largest absolute Gasteiger partial charge is 0.494 e. The first-order valence-corrected chi connectivity index (χ1v) is 8.35. The molecule has 1 aromatic carbocycles. The van der Waals surface area contributed by atoms with Crippen molar-refractivity contribution in [2.24, 2.45) is 5.92 Å². The third kappa shape index (κ3) is 5.01. The lowest BCUT2D eigenvalue weighted by molar-refractivity contribution is 0.0290. The minimum atomic E-state index is -0.169. The van der Waals surface area contributed by atoms with E-state index in [9.17, 15) is 5.11 Å². The van der Waals surface area contributed by atoms with Crippen LogP contribution in [0.3, 0.4) is 0 Å². The molecule has 1 fully saturated rings. The molecule has 3 nitrogen and oxygen atoms in total. The number of aliphatic hydroxyl groups excluding tert-OH is 1. The number of hydrogen-bond donors (Lipinski definition) is 1. The smallest absolute Gasteiger partial charge is 0.119 e. The van der Waals surface area contributed by atoms with Crippen LogP contribution >= 0.6 is 0 Å². The lowest BCUT2D eigenvalue weighted by Gasteiger charge is -2.35. The number of benzene rings is 1. The quantitative estimate of drug-likeness (QED) is 0.784. The molecule has 1 aromatic rings. The molecule has 0 saturated carbocycles. The lowest BCUT2D eigenvalue weighted by Crippen LogP contribution is -2.43. The fourth-order valence-electron chi connectivity index (χ4n) is 2.98. The molecule has 1 aliphatic rings. The number of hydrogen-bond acceptors (Lipinski definition) is 3. The maximum atomic E-state index is 10.2. The summed E-state index contributed by atoms with van der Waals surface area (Å²) in [5.74, 6) is 1.29. The van der Waals surface area contributed by atoms with Crippen LogP contribution in [0.1, 0.15) is 38.7 Å². The van der Waals surface area contributed by atoms with Crippen LogP contribution in [0.2, 0.25) is 0 Å². The van der Waals surface area contributed by atoms with Crippen molar-refractivity contribution in [3.63, 3.8) is 0 Å². The summed E-state index contributed by atoms with van der Waals surface area (Å²) in [4.78, 5) is 2.43. The first-order chi connectivity index (χ1) is 10.2. The zero-order valence-corrected chi connectivity index (χ0v) is 13.4. The second kappa shape index (κ2) is 8.40. The van der Waals surface area contributed by atoms with Gasteiger partial charge in [0.1, 0.15) is 5.75 Å². The fraction of sp³-hybridized carbons (Fsp3) is 0.667. The van der Waals surface area contributed by atoms with E-state index in [4.69, 9.17) is 4.74 Å². The number of rotatable bonds is 7. The highest BCUT2D eigenvalue weighted by Gasteiger charge is 2.27. The van der Waals surface area contributed by atoms with Crippen molar-refractivity contribution in [3.05, 3.63) is 29.8 Å². The summed E-state index contributed by atoms with van der Waals surface area (Å²) < 4.78 is 5.77. The van der Waals surface area contributed by atoms with Gasteiger partial charge in [-0.1, -0.05) is 32.4 Å². The monoisotopic (exact) mass is 291 g/mol. The SMILES string of the molecule is CCCCOc1cccc(CC2CN(CC)CCC2O)c1. The minimum absolute atomic E-state index is 0.169. The Morgan fingerprint density at radius 2 is 2.19 bits per heavy atom. The predicted octanol–water partition coefficient (Wildman–Crippen LogP) is 3.11. The number of unbranched alkanes of at least 4 members (excludes halogenated alkanes) is 1. The first-order valence-electron chi connectivity index (χ1n) is 8.35. The van der Waals surface area contributed by atoms with Crippen molar-refractivity contribution in [2.75, 3.05) is 26.2 Å². The van der Waals surface area contributed by atoms with Crippen LogP contribution in [0.5, 0.6) is 5.75 Å². The molecule has 0 aliphatic carbocycles. The van der Waals surface area contributed by atoms with Gasteiger partial charge in [0.05, 0.1) is 12.7 Å².